The fourth-order valence-corrected chi connectivity index (χ4v) is 2.59. The van der Waals surface area contributed by atoms with E-state index in [2.05, 4.69) is 4.90 Å². The van der Waals surface area contributed by atoms with Crippen molar-refractivity contribution < 1.29 is 14.3 Å². The van der Waals surface area contributed by atoms with Crippen LogP contribution in [0.4, 0.5) is 4.39 Å². The van der Waals surface area contributed by atoms with E-state index < -0.39 is 11.8 Å². The first-order valence-corrected chi connectivity index (χ1v) is 6.30. The van der Waals surface area contributed by atoms with Gasteiger partial charge >= 0.3 is 5.97 Å². The number of rotatable bonds is 4. The fourth-order valence-electron chi connectivity index (χ4n) is 2.59. The number of carboxylic acids is 1. The van der Waals surface area contributed by atoms with Crippen LogP contribution < -0.4 is 0 Å². The van der Waals surface area contributed by atoms with Crippen molar-refractivity contribution in [1.82, 2.24) is 4.90 Å². The van der Waals surface area contributed by atoms with E-state index in [0.717, 1.165) is 5.56 Å². The second-order valence-corrected chi connectivity index (χ2v) is 4.97. The molecule has 1 aromatic carbocycles. The summed E-state index contributed by atoms with van der Waals surface area (Å²) in [6, 6.07) is 4.94. The minimum Gasteiger partial charge on any atom is -0.478 e. The van der Waals surface area contributed by atoms with Gasteiger partial charge in [0, 0.05) is 12.6 Å². The van der Waals surface area contributed by atoms with Gasteiger partial charge in [-0.3, -0.25) is 4.90 Å². The van der Waals surface area contributed by atoms with Crippen molar-refractivity contribution >= 4 is 5.97 Å². The summed E-state index contributed by atoms with van der Waals surface area (Å²) in [7, 11) is 2.04. The SMILES string of the molecule is CN(Cc1ccc(C(=O)O)c(F)c1)C1CCCC1. The van der Waals surface area contributed by atoms with Gasteiger partial charge in [-0.25, -0.2) is 9.18 Å². The van der Waals surface area contributed by atoms with E-state index >= 15 is 0 Å². The number of nitrogens with zero attached hydrogens (tertiary/aromatic N) is 1. The Kier molecular flexibility index (Phi) is 3.97. The number of hydrogen-bond acceptors (Lipinski definition) is 2. The maximum absolute atomic E-state index is 13.5. The van der Waals surface area contributed by atoms with E-state index in [-0.39, 0.29) is 5.56 Å². The molecule has 0 aliphatic heterocycles. The van der Waals surface area contributed by atoms with Crippen molar-refractivity contribution in [2.24, 2.45) is 0 Å². The molecule has 1 aliphatic rings. The van der Waals surface area contributed by atoms with Gasteiger partial charge < -0.3 is 5.11 Å². The quantitative estimate of drug-likeness (QED) is 0.894. The van der Waals surface area contributed by atoms with Gasteiger partial charge in [0.25, 0.3) is 0 Å². The van der Waals surface area contributed by atoms with E-state index in [1.165, 1.54) is 37.8 Å². The molecule has 3 nitrogen and oxygen atoms in total. The lowest BCUT2D eigenvalue weighted by molar-refractivity contribution is 0.0692. The Bertz CT molecular complexity index is 441. The van der Waals surface area contributed by atoms with Gasteiger partial charge in [-0.05, 0) is 37.6 Å². The fraction of sp³-hybridized carbons (Fsp3) is 0.500. The van der Waals surface area contributed by atoms with Gasteiger partial charge in [-0.15, -0.1) is 0 Å². The summed E-state index contributed by atoms with van der Waals surface area (Å²) in [4.78, 5) is 12.9. The molecule has 1 fully saturated rings. The van der Waals surface area contributed by atoms with Crippen molar-refractivity contribution in [3.8, 4) is 0 Å². The zero-order valence-electron chi connectivity index (χ0n) is 10.5. The minimum absolute atomic E-state index is 0.262. The summed E-state index contributed by atoms with van der Waals surface area (Å²) < 4.78 is 13.5. The van der Waals surface area contributed by atoms with Gasteiger partial charge in [0.2, 0.25) is 0 Å². The van der Waals surface area contributed by atoms with Crippen molar-refractivity contribution in [3.63, 3.8) is 0 Å². The minimum atomic E-state index is -1.22. The van der Waals surface area contributed by atoms with E-state index in [9.17, 15) is 9.18 Å². The first-order chi connectivity index (χ1) is 8.58. The van der Waals surface area contributed by atoms with Crippen LogP contribution in [0.5, 0.6) is 0 Å². The van der Waals surface area contributed by atoms with Crippen molar-refractivity contribution in [1.29, 1.82) is 0 Å². The van der Waals surface area contributed by atoms with E-state index in [0.29, 0.717) is 12.6 Å². The van der Waals surface area contributed by atoms with Crippen molar-refractivity contribution in [3.05, 3.63) is 35.1 Å². The molecule has 0 radical (unpaired) electrons. The topological polar surface area (TPSA) is 40.5 Å². The number of halogens is 1. The zero-order chi connectivity index (χ0) is 13.1. The van der Waals surface area contributed by atoms with Crippen molar-refractivity contribution in [2.75, 3.05) is 7.05 Å². The van der Waals surface area contributed by atoms with E-state index in [4.69, 9.17) is 5.11 Å². The monoisotopic (exact) mass is 251 g/mol. The Balaban J connectivity index is 2.05. The number of aromatic carboxylic acids is 1. The average molecular weight is 251 g/mol. The third kappa shape index (κ3) is 2.88. The predicted molar refractivity (Wildman–Crippen MR) is 67.1 cm³/mol. The molecule has 0 amide bonds. The summed E-state index contributed by atoms with van der Waals surface area (Å²) >= 11 is 0. The van der Waals surface area contributed by atoms with Gasteiger partial charge in [-0.1, -0.05) is 18.9 Å². The zero-order valence-corrected chi connectivity index (χ0v) is 10.5. The van der Waals surface area contributed by atoms with Crippen LogP contribution in [0.25, 0.3) is 0 Å². The Morgan fingerprint density at radius 1 is 1.44 bits per heavy atom. The lowest BCUT2D eigenvalue weighted by Crippen LogP contribution is -2.28. The number of carboxylic acid groups (broad SMARTS) is 1. The summed E-state index contributed by atoms with van der Waals surface area (Å²) in [6.45, 7) is 0.668. The molecule has 1 saturated carbocycles. The van der Waals surface area contributed by atoms with E-state index in [1.807, 2.05) is 7.05 Å². The first-order valence-electron chi connectivity index (χ1n) is 6.30. The molecular weight excluding hydrogens is 233 g/mol. The maximum Gasteiger partial charge on any atom is 0.338 e. The highest BCUT2D eigenvalue weighted by Gasteiger charge is 2.20. The van der Waals surface area contributed by atoms with Gasteiger partial charge in [0.15, 0.2) is 0 Å². The molecule has 0 heterocycles. The number of hydrogen-bond donors (Lipinski definition) is 1. The molecule has 0 atom stereocenters. The molecule has 0 unspecified atom stereocenters. The summed E-state index contributed by atoms with van der Waals surface area (Å²) in [6.07, 6.45) is 4.93. The Hall–Kier alpha value is -1.42. The molecule has 1 aliphatic carbocycles. The number of carbonyl (C=O) groups is 1. The second-order valence-electron chi connectivity index (χ2n) is 4.97. The van der Waals surface area contributed by atoms with Crippen LogP contribution in [0.15, 0.2) is 18.2 Å². The van der Waals surface area contributed by atoms with Crippen molar-refractivity contribution in [2.45, 2.75) is 38.3 Å². The van der Waals surface area contributed by atoms with Gasteiger partial charge in [-0.2, -0.15) is 0 Å². The molecule has 98 valence electrons. The molecule has 1 aromatic rings. The standard InChI is InChI=1S/C14H18FNO2/c1-16(11-4-2-3-5-11)9-10-6-7-12(14(17)18)13(15)8-10/h6-8,11H,2-5,9H2,1H3,(H,17,18). The molecule has 0 aromatic heterocycles. The molecular formula is C14H18FNO2. The van der Waals surface area contributed by atoms with Crippen LogP contribution in [-0.4, -0.2) is 29.1 Å². The van der Waals surface area contributed by atoms with Crippen LogP contribution in [-0.2, 0) is 6.54 Å². The predicted octanol–water partition coefficient (Wildman–Crippen LogP) is 2.90. The largest absolute Gasteiger partial charge is 0.478 e. The van der Waals surface area contributed by atoms with Crippen LogP contribution in [0.2, 0.25) is 0 Å². The van der Waals surface area contributed by atoms with Crippen LogP contribution in [0.3, 0.4) is 0 Å². The second kappa shape index (κ2) is 5.48. The molecule has 2 rings (SSSR count). The molecule has 4 heteroatoms. The Morgan fingerprint density at radius 3 is 2.67 bits per heavy atom. The highest BCUT2D eigenvalue weighted by Crippen LogP contribution is 2.24. The molecule has 0 spiro atoms. The highest BCUT2D eigenvalue weighted by molar-refractivity contribution is 5.87. The number of benzene rings is 1. The highest BCUT2D eigenvalue weighted by atomic mass is 19.1. The normalized spacial score (nSPS) is 16.4. The van der Waals surface area contributed by atoms with Gasteiger partial charge in [0.05, 0.1) is 5.56 Å². The van der Waals surface area contributed by atoms with E-state index in [1.54, 1.807) is 6.07 Å². The smallest absolute Gasteiger partial charge is 0.338 e. The lowest BCUT2D eigenvalue weighted by atomic mass is 10.1. The lowest BCUT2D eigenvalue weighted by Gasteiger charge is -2.24. The Labute approximate surface area is 106 Å². The van der Waals surface area contributed by atoms with Crippen LogP contribution in [0.1, 0.15) is 41.6 Å². The Morgan fingerprint density at radius 2 is 2.11 bits per heavy atom. The van der Waals surface area contributed by atoms with Crippen LogP contribution in [0, 0.1) is 5.82 Å². The van der Waals surface area contributed by atoms with Gasteiger partial charge in [0.1, 0.15) is 5.82 Å². The summed E-state index contributed by atoms with van der Waals surface area (Å²) in [5.74, 6) is -1.87. The average Bonchev–Trinajstić information content (AvgIpc) is 2.81. The van der Waals surface area contributed by atoms with Crippen LogP contribution >= 0.6 is 0 Å². The molecule has 0 saturated heterocycles. The molecule has 18 heavy (non-hydrogen) atoms. The third-order valence-electron chi connectivity index (χ3n) is 3.64. The maximum atomic E-state index is 13.5. The molecule has 1 N–H and O–H groups in total. The third-order valence-corrected chi connectivity index (χ3v) is 3.64. The summed E-state index contributed by atoms with van der Waals surface area (Å²) in [5.41, 5.74) is 0.564. The first kappa shape index (κ1) is 13.0. The molecule has 0 bridgehead atoms. The summed E-state index contributed by atoms with van der Waals surface area (Å²) in [5, 5.41) is 8.76.